The fourth-order valence-corrected chi connectivity index (χ4v) is 3.27. The van der Waals surface area contributed by atoms with Crippen molar-refractivity contribution in [3.8, 4) is 11.5 Å². The van der Waals surface area contributed by atoms with E-state index in [2.05, 4.69) is 0 Å². The number of hydrogen-bond acceptors (Lipinski definition) is 8. The Hall–Kier alpha value is -4.33. The number of rotatable bonds is 7. The number of nitrogens with zero attached hydrogens (tertiary/aromatic N) is 1. The van der Waals surface area contributed by atoms with Crippen LogP contribution in [0.1, 0.15) is 22.8 Å². The maximum atomic E-state index is 12.8. The van der Waals surface area contributed by atoms with Gasteiger partial charge in [-0.2, -0.15) is 0 Å². The third-order valence-electron chi connectivity index (χ3n) is 4.86. The first-order valence-corrected chi connectivity index (χ1v) is 9.97. The number of aromatic hydroxyl groups is 1. The Bertz CT molecular complexity index is 1160. The zero-order chi connectivity index (χ0) is 24.0. The Labute approximate surface area is 191 Å². The van der Waals surface area contributed by atoms with E-state index in [1.807, 2.05) is 30.3 Å². The van der Waals surface area contributed by atoms with Gasteiger partial charge in [-0.15, -0.1) is 0 Å². The summed E-state index contributed by atoms with van der Waals surface area (Å²) in [6.07, 6.45) is 5.93. The number of anilines is 1. The Morgan fingerprint density at radius 2 is 1.64 bits per heavy atom. The zero-order valence-corrected chi connectivity index (χ0v) is 18.4. The second-order valence-electron chi connectivity index (χ2n) is 6.96. The van der Waals surface area contributed by atoms with Gasteiger partial charge in [0.25, 0.3) is 0 Å². The van der Waals surface area contributed by atoms with Gasteiger partial charge >= 0.3 is 11.9 Å². The lowest BCUT2D eigenvalue weighted by Crippen LogP contribution is -2.27. The van der Waals surface area contributed by atoms with Gasteiger partial charge in [-0.25, -0.2) is 9.59 Å². The highest BCUT2D eigenvalue weighted by Crippen LogP contribution is 2.43. The van der Waals surface area contributed by atoms with Gasteiger partial charge in [0.2, 0.25) is 0 Å². The number of phenolic OH excluding ortho intramolecular Hbond substituents is 1. The van der Waals surface area contributed by atoms with Gasteiger partial charge in [0.1, 0.15) is 23.7 Å². The summed E-state index contributed by atoms with van der Waals surface area (Å²) in [5, 5.41) is 11.0. The number of allylic oxidation sites excluding steroid dienone is 2. The topological polar surface area (TPSA) is 102 Å². The molecule has 33 heavy (non-hydrogen) atoms. The van der Waals surface area contributed by atoms with Crippen LogP contribution in [0.15, 0.2) is 78.2 Å². The van der Waals surface area contributed by atoms with Gasteiger partial charge in [0, 0.05) is 6.20 Å². The molecule has 1 N–H and O–H groups in total. The summed E-state index contributed by atoms with van der Waals surface area (Å²) in [6, 6.07) is 12.3. The fourth-order valence-electron chi connectivity index (χ4n) is 3.27. The first-order valence-electron chi connectivity index (χ1n) is 9.97. The molecule has 8 heteroatoms. The number of ketones is 1. The number of Topliss-reactive ketones (excluding diaryl/α,β-unsaturated/α-hetero) is 1. The highest BCUT2D eigenvalue weighted by molar-refractivity contribution is 6.07. The minimum atomic E-state index is -0.853. The van der Waals surface area contributed by atoms with E-state index in [9.17, 15) is 19.5 Å². The van der Waals surface area contributed by atoms with Crippen molar-refractivity contribution in [2.45, 2.75) is 13.5 Å². The summed E-state index contributed by atoms with van der Waals surface area (Å²) in [6.45, 7) is 1.46. The number of benzene rings is 2. The molecular formula is C25H23NO7. The molecule has 0 aromatic heterocycles. The highest BCUT2D eigenvalue weighted by atomic mass is 16.5. The van der Waals surface area contributed by atoms with E-state index >= 15 is 0 Å². The van der Waals surface area contributed by atoms with E-state index < -0.39 is 23.5 Å². The number of esters is 2. The standard InChI is InChI=1S/C25H23NO7/c1-16(27)18-12-13-20(33-15-17-9-5-4-6-10-17)22(23(18)28)26-14-8-7-11-19(24(29)31-2)21(26)25(30)32-3/h4-14,28H,15H2,1-3H3. The molecule has 2 aromatic carbocycles. The van der Waals surface area contributed by atoms with E-state index in [4.69, 9.17) is 14.2 Å². The summed E-state index contributed by atoms with van der Waals surface area (Å²) in [5.41, 5.74) is 0.573. The van der Waals surface area contributed by atoms with Crippen LogP contribution in [0.25, 0.3) is 0 Å². The van der Waals surface area contributed by atoms with Crippen LogP contribution in [-0.2, 0) is 25.7 Å². The van der Waals surface area contributed by atoms with Gasteiger partial charge in [-0.05, 0) is 36.8 Å². The summed E-state index contributed by atoms with van der Waals surface area (Å²) in [7, 11) is 2.35. The molecule has 0 fully saturated rings. The quantitative estimate of drug-likeness (QED) is 0.505. The molecule has 0 unspecified atom stereocenters. The molecule has 2 aromatic rings. The molecule has 0 atom stereocenters. The van der Waals surface area contributed by atoms with E-state index in [1.165, 1.54) is 56.5 Å². The fraction of sp³-hybridized carbons (Fsp3) is 0.160. The zero-order valence-electron chi connectivity index (χ0n) is 18.4. The monoisotopic (exact) mass is 449 g/mol. The van der Waals surface area contributed by atoms with E-state index in [0.29, 0.717) is 0 Å². The van der Waals surface area contributed by atoms with Crippen LogP contribution in [0.3, 0.4) is 0 Å². The number of methoxy groups -OCH3 is 2. The molecule has 8 nitrogen and oxygen atoms in total. The summed E-state index contributed by atoms with van der Waals surface area (Å²) < 4.78 is 15.7. The normalized spacial score (nSPS) is 12.9. The van der Waals surface area contributed by atoms with Gasteiger partial charge < -0.3 is 24.2 Å². The number of ether oxygens (including phenoxy) is 3. The Morgan fingerprint density at radius 3 is 2.27 bits per heavy atom. The average molecular weight is 449 g/mol. The van der Waals surface area contributed by atoms with Crippen molar-refractivity contribution in [3.63, 3.8) is 0 Å². The van der Waals surface area contributed by atoms with E-state index in [0.717, 1.165) is 5.56 Å². The van der Waals surface area contributed by atoms with Crippen LogP contribution < -0.4 is 9.64 Å². The minimum Gasteiger partial charge on any atom is -0.505 e. The van der Waals surface area contributed by atoms with Crippen molar-refractivity contribution in [1.82, 2.24) is 0 Å². The van der Waals surface area contributed by atoms with Crippen LogP contribution in [0.5, 0.6) is 11.5 Å². The van der Waals surface area contributed by atoms with E-state index in [1.54, 1.807) is 6.08 Å². The molecule has 1 heterocycles. The minimum absolute atomic E-state index is 0.000356. The van der Waals surface area contributed by atoms with Crippen molar-refractivity contribution in [2.24, 2.45) is 0 Å². The first-order chi connectivity index (χ1) is 15.9. The molecular weight excluding hydrogens is 426 g/mol. The number of carbonyl (C=O) groups is 3. The summed E-state index contributed by atoms with van der Waals surface area (Å²) in [5.74, 6) is -2.26. The molecule has 170 valence electrons. The van der Waals surface area contributed by atoms with Crippen LogP contribution in [0, 0.1) is 0 Å². The molecule has 1 aliphatic heterocycles. The van der Waals surface area contributed by atoms with Crippen LogP contribution in [0.4, 0.5) is 5.69 Å². The molecule has 0 spiro atoms. The Morgan fingerprint density at radius 1 is 0.939 bits per heavy atom. The lowest BCUT2D eigenvalue weighted by molar-refractivity contribution is -0.139. The Kier molecular flexibility index (Phi) is 7.30. The number of phenols is 1. The number of carbonyl (C=O) groups excluding carboxylic acids is 3. The van der Waals surface area contributed by atoms with Crippen molar-refractivity contribution >= 4 is 23.4 Å². The molecule has 0 bridgehead atoms. The number of hydrogen-bond donors (Lipinski definition) is 1. The van der Waals surface area contributed by atoms with E-state index in [-0.39, 0.29) is 34.9 Å². The average Bonchev–Trinajstić information content (AvgIpc) is 3.05. The van der Waals surface area contributed by atoms with Crippen molar-refractivity contribution in [3.05, 3.63) is 89.3 Å². The maximum absolute atomic E-state index is 12.8. The molecule has 0 aliphatic carbocycles. The lowest BCUT2D eigenvalue weighted by Gasteiger charge is -2.26. The van der Waals surface area contributed by atoms with Gasteiger partial charge in [-0.1, -0.05) is 36.4 Å². The molecule has 0 radical (unpaired) electrons. The summed E-state index contributed by atoms with van der Waals surface area (Å²) >= 11 is 0. The van der Waals surface area contributed by atoms with Gasteiger partial charge in [0.05, 0.1) is 25.4 Å². The smallest absolute Gasteiger partial charge is 0.355 e. The predicted octanol–water partition coefficient (Wildman–Crippen LogP) is 3.66. The molecule has 0 saturated carbocycles. The predicted molar refractivity (Wildman–Crippen MR) is 121 cm³/mol. The van der Waals surface area contributed by atoms with Crippen molar-refractivity contribution < 1.29 is 33.7 Å². The third kappa shape index (κ3) is 4.95. The van der Waals surface area contributed by atoms with Crippen LogP contribution in [0.2, 0.25) is 0 Å². The first kappa shape index (κ1) is 23.3. The summed E-state index contributed by atoms with van der Waals surface area (Å²) in [4.78, 5) is 38.6. The largest absolute Gasteiger partial charge is 0.505 e. The molecule has 0 amide bonds. The highest BCUT2D eigenvalue weighted by Gasteiger charge is 2.32. The molecule has 1 aliphatic rings. The van der Waals surface area contributed by atoms with Gasteiger partial charge in [0.15, 0.2) is 11.5 Å². The van der Waals surface area contributed by atoms with Gasteiger partial charge in [-0.3, -0.25) is 4.79 Å². The SMILES string of the molecule is COC(=O)C1=C(C(=O)OC)N(c2c(OCc3ccccc3)ccc(C(C)=O)c2O)C=CC=C1. The van der Waals surface area contributed by atoms with Crippen molar-refractivity contribution in [2.75, 3.05) is 19.1 Å². The van der Waals surface area contributed by atoms with Crippen molar-refractivity contribution in [1.29, 1.82) is 0 Å². The van der Waals surface area contributed by atoms with Crippen LogP contribution >= 0.6 is 0 Å². The third-order valence-corrected chi connectivity index (χ3v) is 4.86. The maximum Gasteiger partial charge on any atom is 0.355 e. The second kappa shape index (κ2) is 10.3. The van der Waals surface area contributed by atoms with Crippen LogP contribution in [-0.4, -0.2) is 37.0 Å². The molecule has 0 saturated heterocycles. The Balaban J connectivity index is 2.22. The lowest BCUT2D eigenvalue weighted by atomic mass is 10.1. The molecule has 3 rings (SSSR count). The second-order valence-corrected chi connectivity index (χ2v) is 6.96.